The molecule has 0 radical (unpaired) electrons. The van der Waals surface area contributed by atoms with Gasteiger partial charge in [0, 0.05) is 5.56 Å². The maximum Gasteiger partial charge on any atom is 0.293 e. The number of halogens is 3. The summed E-state index contributed by atoms with van der Waals surface area (Å²) in [4.78, 5) is 26.8. The minimum atomic E-state index is -0.401. The fourth-order valence-electron chi connectivity index (χ4n) is 3.38. The molecule has 1 saturated heterocycles. The predicted octanol–water partition coefficient (Wildman–Crippen LogP) is 6.79. The van der Waals surface area contributed by atoms with Crippen molar-refractivity contribution >= 4 is 63.2 Å². The molecule has 0 aromatic heterocycles. The summed E-state index contributed by atoms with van der Waals surface area (Å²) in [6.45, 7) is 0.249. The second kappa shape index (κ2) is 12.0. The van der Waals surface area contributed by atoms with E-state index in [0.717, 1.165) is 16.7 Å². The highest BCUT2D eigenvalue weighted by Crippen LogP contribution is 2.37. The van der Waals surface area contributed by atoms with Gasteiger partial charge in [-0.2, -0.15) is 0 Å². The Balaban J connectivity index is 1.45. The molecule has 1 heterocycles. The van der Waals surface area contributed by atoms with E-state index in [-0.39, 0.29) is 35.7 Å². The van der Waals surface area contributed by atoms with Crippen LogP contribution < -0.4 is 14.2 Å². The van der Waals surface area contributed by atoms with E-state index in [1.807, 2.05) is 0 Å². The van der Waals surface area contributed by atoms with Gasteiger partial charge < -0.3 is 14.2 Å². The summed E-state index contributed by atoms with van der Waals surface area (Å²) in [6.07, 6.45) is 1.63. The SMILES string of the molecule is COc1cc(/C=C2\SC(=O)N(CCOc3ccccc3Cl)C2=O)cc(I)c1OCc1ccccc1F. The van der Waals surface area contributed by atoms with E-state index < -0.39 is 5.91 Å². The zero-order chi connectivity index (χ0) is 25.7. The zero-order valence-corrected chi connectivity index (χ0v) is 22.7. The van der Waals surface area contributed by atoms with Crippen LogP contribution in [-0.2, 0) is 11.4 Å². The second-order valence-corrected chi connectivity index (χ2v) is 10.1. The number of methoxy groups -OCH3 is 1. The molecule has 36 heavy (non-hydrogen) atoms. The van der Waals surface area contributed by atoms with E-state index in [2.05, 4.69) is 22.6 Å². The highest BCUT2D eigenvalue weighted by molar-refractivity contribution is 14.1. The topological polar surface area (TPSA) is 65.1 Å². The van der Waals surface area contributed by atoms with Crippen LogP contribution in [0.5, 0.6) is 17.2 Å². The quantitative estimate of drug-likeness (QED) is 0.190. The van der Waals surface area contributed by atoms with Gasteiger partial charge in [0.1, 0.15) is 24.8 Å². The summed E-state index contributed by atoms with van der Waals surface area (Å²) in [5.74, 6) is 0.624. The van der Waals surface area contributed by atoms with Gasteiger partial charge in [0.15, 0.2) is 11.5 Å². The fraction of sp³-hybridized carbons (Fsp3) is 0.154. The molecule has 3 aromatic rings. The number of nitrogens with zero attached hydrogens (tertiary/aromatic N) is 1. The molecule has 1 fully saturated rings. The summed E-state index contributed by atoms with van der Waals surface area (Å²) in [5.41, 5.74) is 1.08. The third-order valence-electron chi connectivity index (χ3n) is 5.16. The van der Waals surface area contributed by atoms with Gasteiger partial charge in [-0.05, 0) is 76.3 Å². The van der Waals surface area contributed by atoms with Crippen molar-refractivity contribution in [1.29, 1.82) is 0 Å². The maximum atomic E-state index is 13.9. The fourth-order valence-corrected chi connectivity index (χ4v) is 5.22. The highest BCUT2D eigenvalue weighted by Gasteiger charge is 2.35. The first-order chi connectivity index (χ1) is 17.4. The van der Waals surface area contributed by atoms with Gasteiger partial charge in [-0.15, -0.1) is 0 Å². The monoisotopic (exact) mass is 639 g/mol. The third kappa shape index (κ3) is 6.13. The van der Waals surface area contributed by atoms with Crippen molar-refractivity contribution in [2.75, 3.05) is 20.3 Å². The number of carbonyl (C=O) groups is 2. The zero-order valence-electron chi connectivity index (χ0n) is 19.0. The average Bonchev–Trinajstić information content (AvgIpc) is 3.12. The van der Waals surface area contributed by atoms with Crippen molar-refractivity contribution in [2.24, 2.45) is 0 Å². The third-order valence-corrected chi connectivity index (χ3v) is 7.18. The maximum absolute atomic E-state index is 13.9. The van der Waals surface area contributed by atoms with Crippen LogP contribution in [0.1, 0.15) is 11.1 Å². The number of ether oxygens (including phenoxy) is 3. The average molecular weight is 640 g/mol. The summed E-state index contributed by atoms with van der Waals surface area (Å²) >= 11 is 9.02. The number of benzene rings is 3. The van der Waals surface area contributed by atoms with E-state index >= 15 is 0 Å². The number of thioether (sulfide) groups is 1. The Morgan fingerprint density at radius 3 is 2.56 bits per heavy atom. The van der Waals surface area contributed by atoms with Crippen LogP contribution in [0.3, 0.4) is 0 Å². The van der Waals surface area contributed by atoms with Crippen LogP contribution in [0.2, 0.25) is 5.02 Å². The van der Waals surface area contributed by atoms with Gasteiger partial charge in [0.05, 0.1) is 27.2 Å². The molecule has 0 saturated carbocycles. The van der Waals surface area contributed by atoms with Gasteiger partial charge >= 0.3 is 0 Å². The molecular weight excluding hydrogens is 620 g/mol. The molecule has 6 nitrogen and oxygen atoms in total. The van der Waals surface area contributed by atoms with Crippen molar-refractivity contribution in [3.63, 3.8) is 0 Å². The lowest BCUT2D eigenvalue weighted by Gasteiger charge is -2.14. The Kier molecular flexibility index (Phi) is 8.76. The standard InChI is InChI=1S/C26H20ClFINO5S/c1-33-22-13-16(12-20(29)24(22)35-15-17-6-2-4-8-19(17)28)14-23-25(31)30(26(32)36-23)10-11-34-21-9-5-3-7-18(21)27/h2-9,12-14H,10-11,15H2,1H3/b23-14-. The summed E-state index contributed by atoms with van der Waals surface area (Å²) < 4.78 is 31.6. The Labute approximate surface area is 230 Å². The Bertz CT molecular complexity index is 1340. The van der Waals surface area contributed by atoms with Crippen molar-refractivity contribution in [3.8, 4) is 17.2 Å². The Morgan fingerprint density at radius 2 is 1.81 bits per heavy atom. The van der Waals surface area contributed by atoms with Crippen molar-refractivity contribution < 1.29 is 28.2 Å². The van der Waals surface area contributed by atoms with E-state index in [1.165, 1.54) is 13.2 Å². The van der Waals surface area contributed by atoms with E-state index in [1.54, 1.807) is 60.7 Å². The first-order valence-corrected chi connectivity index (χ1v) is 13.0. The molecule has 0 spiro atoms. The van der Waals surface area contributed by atoms with Gasteiger partial charge in [0.25, 0.3) is 11.1 Å². The summed E-state index contributed by atoms with van der Waals surface area (Å²) in [6, 6.07) is 16.9. The lowest BCUT2D eigenvalue weighted by atomic mass is 10.1. The van der Waals surface area contributed by atoms with Crippen LogP contribution in [0.15, 0.2) is 65.6 Å². The molecule has 1 aliphatic heterocycles. The number of imide groups is 1. The van der Waals surface area contributed by atoms with Crippen LogP contribution in [0, 0.1) is 9.39 Å². The van der Waals surface area contributed by atoms with Gasteiger partial charge in [-0.25, -0.2) is 4.39 Å². The van der Waals surface area contributed by atoms with Gasteiger partial charge in [0.2, 0.25) is 0 Å². The number of amides is 2. The van der Waals surface area contributed by atoms with Crippen LogP contribution in [0.25, 0.3) is 6.08 Å². The molecule has 0 N–H and O–H groups in total. The smallest absolute Gasteiger partial charge is 0.293 e. The molecule has 2 amide bonds. The summed E-state index contributed by atoms with van der Waals surface area (Å²) in [5, 5.41) is 0.0805. The molecule has 186 valence electrons. The predicted molar refractivity (Wildman–Crippen MR) is 146 cm³/mol. The molecule has 0 bridgehead atoms. The lowest BCUT2D eigenvalue weighted by Crippen LogP contribution is -2.32. The van der Waals surface area contributed by atoms with Gasteiger partial charge in [-0.3, -0.25) is 14.5 Å². The number of hydrogen-bond donors (Lipinski definition) is 0. The molecule has 10 heteroatoms. The van der Waals surface area contributed by atoms with E-state index in [9.17, 15) is 14.0 Å². The van der Waals surface area contributed by atoms with Gasteiger partial charge in [-0.1, -0.05) is 41.9 Å². The van der Waals surface area contributed by atoms with Crippen LogP contribution >= 0.6 is 46.0 Å². The minimum absolute atomic E-state index is 0.0353. The molecule has 0 aliphatic carbocycles. The van der Waals surface area contributed by atoms with E-state index in [0.29, 0.717) is 37.0 Å². The Morgan fingerprint density at radius 1 is 1.06 bits per heavy atom. The largest absolute Gasteiger partial charge is 0.493 e. The number of rotatable bonds is 9. The molecule has 0 unspecified atom stereocenters. The number of carbonyl (C=O) groups excluding carboxylic acids is 2. The second-order valence-electron chi connectivity index (χ2n) is 7.53. The molecule has 0 atom stereocenters. The van der Waals surface area contributed by atoms with Crippen molar-refractivity contribution in [1.82, 2.24) is 4.90 Å². The van der Waals surface area contributed by atoms with Crippen molar-refractivity contribution in [3.05, 3.63) is 91.1 Å². The summed E-state index contributed by atoms with van der Waals surface area (Å²) in [7, 11) is 1.50. The van der Waals surface area contributed by atoms with Crippen LogP contribution in [0.4, 0.5) is 9.18 Å². The first kappa shape index (κ1) is 26.3. The van der Waals surface area contributed by atoms with Crippen LogP contribution in [-0.4, -0.2) is 36.3 Å². The minimum Gasteiger partial charge on any atom is -0.493 e. The normalized spacial score (nSPS) is 14.4. The first-order valence-electron chi connectivity index (χ1n) is 10.7. The van der Waals surface area contributed by atoms with Crippen molar-refractivity contribution in [2.45, 2.75) is 6.61 Å². The number of hydrogen-bond acceptors (Lipinski definition) is 6. The number of para-hydroxylation sites is 1. The molecule has 4 rings (SSSR count). The Hall–Kier alpha value is -2.76. The molecule has 1 aliphatic rings. The van der Waals surface area contributed by atoms with E-state index in [4.69, 9.17) is 25.8 Å². The highest BCUT2D eigenvalue weighted by atomic mass is 127. The lowest BCUT2D eigenvalue weighted by molar-refractivity contribution is -0.123. The molecular formula is C26H20ClFINO5S. The molecule has 3 aromatic carbocycles.